The second-order valence-electron chi connectivity index (χ2n) is 7.55. The number of likely N-dealkylation sites (tertiary alicyclic amines) is 1. The third kappa shape index (κ3) is 3.46. The van der Waals surface area contributed by atoms with Crippen LogP contribution in [0.15, 0.2) is 24.6 Å². The summed E-state index contributed by atoms with van der Waals surface area (Å²) in [7, 11) is 1.97. The summed E-state index contributed by atoms with van der Waals surface area (Å²) < 4.78 is 5.68. The first-order valence-electron chi connectivity index (χ1n) is 9.61. The van der Waals surface area contributed by atoms with Crippen LogP contribution in [0.4, 0.5) is 0 Å². The van der Waals surface area contributed by atoms with Crippen molar-refractivity contribution in [1.29, 1.82) is 0 Å². The van der Waals surface area contributed by atoms with Crippen molar-refractivity contribution < 1.29 is 14.3 Å². The molecule has 0 N–H and O–H groups in total. The van der Waals surface area contributed by atoms with Gasteiger partial charge in [0, 0.05) is 13.6 Å². The first kappa shape index (κ1) is 18.0. The monoisotopic (exact) mass is 346 g/mol. The summed E-state index contributed by atoms with van der Waals surface area (Å²) in [5.41, 5.74) is 0. The van der Waals surface area contributed by atoms with E-state index in [-0.39, 0.29) is 35.5 Å². The number of carbonyl (C=O) groups is 2. The molecule has 3 rings (SSSR count). The van der Waals surface area contributed by atoms with Crippen LogP contribution >= 0.6 is 0 Å². The second-order valence-corrected chi connectivity index (χ2v) is 7.55. The molecular weight excluding hydrogens is 316 g/mol. The van der Waals surface area contributed by atoms with Gasteiger partial charge >= 0.3 is 0 Å². The van der Waals surface area contributed by atoms with E-state index in [4.69, 9.17) is 4.74 Å². The Morgan fingerprint density at radius 2 is 1.84 bits per heavy atom. The molecule has 0 spiro atoms. The Hall–Kier alpha value is -1.78. The molecular formula is C20H30N2O3. The van der Waals surface area contributed by atoms with Crippen LogP contribution in [0.2, 0.25) is 0 Å². The fourth-order valence-corrected chi connectivity index (χ4v) is 4.45. The Labute approximate surface area is 150 Å². The molecule has 138 valence electrons. The van der Waals surface area contributed by atoms with E-state index in [2.05, 4.69) is 25.7 Å². The lowest BCUT2D eigenvalue weighted by Gasteiger charge is -2.23. The van der Waals surface area contributed by atoms with Crippen molar-refractivity contribution in [3.63, 3.8) is 0 Å². The molecule has 3 aliphatic rings. The molecule has 2 fully saturated rings. The molecule has 1 aliphatic heterocycles. The molecule has 5 heteroatoms. The minimum Gasteiger partial charge on any atom is -0.478 e. The van der Waals surface area contributed by atoms with Crippen molar-refractivity contribution in [3.05, 3.63) is 24.6 Å². The summed E-state index contributed by atoms with van der Waals surface area (Å²) >= 11 is 0. The lowest BCUT2D eigenvalue weighted by atomic mass is 9.85. The predicted molar refractivity (Wildman–Crippen MR) is 96.3 cm³/mol. The maximum absolute atomic E-state index is 12.6. The van der Waals surface area contributed by atoms with Crippen molar-refractivity contribution in [3.8, 4) is 0 Å². The van der Waals surface area contributed by atoms with E-state index in [0.29, 0.717) is 19.0 Å². The number of ether oxygens (including phenoxy) is 1. The molecule has 1 saturated heterocycles. The van der Waals surface area contributed by atoms with Crippen LogP contribution in [0.25, 0.3) is 0 Å². The lowest BCUT2D eigenvalue weighted by molar-refractivity contribution is -0.141. The SMILES string of the molecule is C=C(OCCN1C(=O)[C@@H]2[C@H](C1=O)[C@H]1C=C[C@@H]2C1)N(C)CCCCCC. The standard InChI is InChI=1S/C20H30N2O3/c1-4-5-6-7-10-21(3)14(2)25-12-11-22-19(23)17-15-8-9-16(13-15)18(17)20(22)24/h8-9,15-18H,2,4-7,10-13H2,1,3H3/t15-,16+,17+,18-. The Morgan fingerprint density at radius 3 is 2.44 bits per heavy atom. The average molecular weight is 346 g/mol. The smallest absolute Gasteiger partial charge is 0.233 e. The first-order chi connectivity index (χ1) is 12.0. The maximum Gasteiger partial charge on any atom is 0.233 e. The maximum atomic E-state index is 12.6. The average Bonchev–Trinajstić information content (AvgIpc) is 3.27. The summed E-state index contributed by atoms with van der Waals surface area (Å²) in [4.78, 5) is 28.6. The van der Waals surface area contributed by atoms with Crippen LogP contribution < -0.4 is 0 Å². The molecule has 1 saturated carbocycles. The molecule has 0 unspecified atom stereocenters. The van der Waals surface area contributed by atoms with Gasteiger partial charge in [-0.05, 0) is 31.3 Å². The quantitative estimate of drug-likeness (QED) is 0.264. The van der Waals surface area contributed by atoms with Gasteiger partial charge in [0.1, 0.15) is 6.61 Å². The fraction of sp³-hybridized carbons (Fsp3) is 0.700. The highest BCUT2D eigenvalue weighted by Gasteiger charge is 2.58. The van der Waals surface area contributed by atoms with E-state index < -0.39 is 0 Å². The van der Waals surface area contributed by atoms with E-state index in [1.54, 1.807) is 0 Å². The van der Waals surface area contributed by atoms with Gasteiger partial charge < -0.3 is 9.64 Å². The molecule has 5 nitrogen and oxygen atoms in total. The third-order valence-corrected chi connectivity index (χ3v) is 5.92. The summed E-state index contributed by atoms with van der Waals surface area (Å²) in [6, 6.07) is 0. The molecule has 0 aromatic rings. The van der Waals surface area contributed by atoms with Crippen molar-refractivity contribution in [2.75, 3.05) is 26.7 Å². The zero-order valence-corrected chi connectivity index (χ0v) is 15.4. The number of amides is 2. The molecule has 25 heavy (non-hydrogen) atoms. The van der Waals surface area contributed by atoms with Gasteiger partial charge in [-0.15, -0.1) is 0 Å². The van der Waals surface area contributed by atoms with Crippen molar-refractivity contribution >= 4 is 11.8 Å². The number of unbranched alkanes of at least 4 members (excludes halogenated alkanes) is 3. The number of rotatable bonds is 10. The molecule has 2 aliphatic carbocycles. The summed E-state index contributed by atoms with van der Waals surface area (Å²) in [5.74, 6) is 0.891. The molecule has 0 radical (unpaired) electrons. The highest BCUT2D eigenvalue weighted by atomic mass is 16.5. The van der Waals surface area contributed by atoms with Crippen LogP contribution in [0.5, 0.6) is 0 Å². The number of allylic oxidation sites excluding steroid dienone is 2. The zero-order chi connectivity index (χ0) is 18.0. The zero-order valence-electron chi connectivity index (χ0n) is 15.4. The van der Waals surface area contributed by atoms with Gasteiger partial charge in [-0.3, -0.25) is 14.5 Å². The van der Waals surface area contributed by atoms with E-state index in [0.717, 1.165) is 19.4 Å². The second kappa shape index (κ2) is 7.63. The van der Waals surface area contributed by atoms with Gasteiger partial charge in [0.15, 0.2) is 5.88 Å². The number of hydrogen-bond acceptors (Lipinski definition) is 4. The minimum atomic E-state index is -0.119. The molecule has 2 bridgehead atoms. The van der Waals surface area contributed by atoms with Gasteiger partial charge in [-0.2, -0.15) is 0 Å². The Balaban J connectivity index is 1.41. The van der Waals surface area contributed by atoms with Crippen molar-refractivity contribution in [2.24, 2.45) is 23.7 Å². The van der Waals surface area contributed by atoms with E-state index in [1.165, 1.54) is 24.2 Å². The van der Waals surface area contributed by atoms with E-state index in [9.17, 15) is 9.59 Å². The fourth-order valence-electron chi connectivity index (χ4n) is 4.45. The Morgan fingerprint density at radius 1 is 1.20 bits per heavy atom. The normalized spacial score (nSPS) is 29.4. The van der Waals surface area contributed by atoms with Crippen LogP contribution in [0, 0.1) is 23.7 Å². The highest BCUT2D eigenvalue weighted by Crippen LogP contribution is 2.52. The minimum absolute atomic E-state index is 0.00557. The number of fused-ring (bicyclic) bond motifs is 5. The van der Waals surface area contributed by atoms with Crippen LogP contribution in [0.1, 0.15) is 39.0 Å². The summed E-state index contributed by atoms with van der Waals surface area (Å²) in [6.45, 7) is 7.71. The first-order valence-corrected chi connectivity index (χ1v) is 9.61. The summed E-state index contributed by atoms with van der Waals surface area (Å²) in [5, 5.41) is 0. The van der Waals surface area contributed by atoms with Gasteiger partial charge in [-0.1, -0.05) is 38.3 Å². The third-order valence-electron chi connectivity index (χ3n) is 5.92. The number of imide groups is 1. The predicted octanol–water partition coefficient (Wildman–Crippen LogP) is 2.79. The van der Waals surface area contributed by atoms with Crippen LogP contribution in [0.3, 0.4) is 0 Å². The van der Waals surface area contributed by atoms with Gasteiger partial charge in [0.2, 0.25) is 11.8 Å². The Bertz CT molecular complexity index is 541. The van der Waals surface area contributed by atoms with Crippen LogP contribution in [-0.2, 0) is 14.3 Å². The summed E-state index contributed by atoms with van der Waals surface area (Å²) in [6.07, 6.45) is 10.0. The molecule has 2 amide bonds. The number of hydrogen-bond donors (Lipinski definition) is 0. The lowest BCUT2D eigenvalue weighted by Crippen LogP contribution is -2.36. The molecule has 4 atom stereocenters. The van der Waals surface area contributed by atoms with Crippen molar-refractivity contribution in [2.45, 2.75) is 39.0 Å². The van der Waals surface area contributed by atoms with Gasteiger partial charge in [-0.25, -0.2) is 0 Å². The highest BCUT2D eigenvalue weighted by molar-refractivity contribution is 6.06. The molecule has 0 aromatic carbocycles. The van der Waals surface area contributed by atoms with E-state index >= 15 is 0 Å². The molecule has 0 aromatic heterocycles. The topological polar surface area (TPSA) is 49.9 Å². The van der Waals surface area contributed by atoms with Gasteiger partial charge in [0.25, 0.3) is 0 Å². The number of nitrogens with zero attached hydrogens (tertiary/aromatic N) is 2. The number of carbonyl (C=O) groups excluding carboxylic acids is 2. The van der Waals surface area contributed by atoms with Crippen LogP contribution in [-0.4, -0.2) is 48.4 Å². The van der Waals surface area contributed by atoms with E-state index in [1.807, 2.05) is 11.9 Å². The Kier molecular flexibility index (Phi) is 5.50. The largest absolute Gasteiger partial charge is 0.478 e. The molecule has 1 heterocycles. The van der Waals surface area contributed by atoms with Gasteiger partial charge in [0.05, 0.1) is 18.4 Å². The van der Waals surface area contributed by atoms with Crippen molar-refractivity contribution in [1.82, 2.24) is 9.80 Å².